The van der Waals surface area contributed by atoms with Crippen molar-refractivity contribution in [2.45, 2.75) is 13.5 Å². The Morgan fingerprint density at radius 2 is 2.00 bits per heavy atom. The van der Waals surface area contributed by atoms with Crippen LogP contribution in [0, 0.1) is 12.7 Å². The molecule has 18 heavy (non-hydrogen) atoms. The molecule has 0 saturated carbocycles. The van der Waals surface area contributed by atoms with Gasteiger partial charge in [0.25, 0.3) is 0 Å². The van der Waals surface area contributed by atoms with Crippen LogP contribution in [0.3, 0.4) is 0 Å². The van der Waals surface area contributed by atoms with Gasteiger partial charge < -0.3 is 5.32 Å². The predicted octanol–water partition coefficient (Wildman–Crippen LogP) is 5.16. The van der Waals surface area contributed by atoms with E-state index in [1.807, 2.05) is 31.2 Å². The number of aryl methyl sites for hydroxylation is 1. The van der Waals surface area contributed by atoms with E-state index < -0.39 is 0 Å². The van der Waals surface area contributed by atoms with Gasteiger partial charge in [-0.15, -0.1) is 0 Å². The van der Waals surface area contributed by atoms with E-state index in [0.717, 1.165) is 21.3 Å². The average Bonchev–Trinajstić information content (AvgIpc) is 2.32. The number of nitrogens with one attached hydrogen (secondary N) is 1. The normalized spacial score (nSPS) is 10.4. The Bertz CT molecular complexity index is 572. The van der Waals surface area contributed by atoms with Gasteiger partial charge in [-0.05, 0) is 48.4 Å². The van der Waals surface area contributed by atoms with E-state index in [0.29, 0.717) is 6.54 Å². The zero-order chi connectivity index (χ0) is 13.1. The lowest BCUT2D eigenvalue weighted by molar-refractivity contribution is 0.626. The zero-order valence-corrected chi connectivity index (χ0v) is 12.1. The van der Waals surface area contributed by atoms with Gasteiger partial charge in [-0.1, -0.05) is 33.6 Å². The van der Waals surface area contributed by atoms with Crippen molar-refractivity contribution >= 4 is 33.2 Å². The molecule has 0 aliphatic carbocycles. The van der Waals surface area contributed by atoms with E-state index in [1.165, 1.54) is 6.07 Å². The molecule has 0 aliphatic rings. The minimum absolute atomic E-state index is 0.151. The lowest BCUT2D eigenvalue weighted by atomic mass is 10.1. The van der Waals surface area contributed by atoms with Crippen LogP contribution in [0.5, 0.6) is 0 Å². The molecule has 2 aromatic carbocycles. The first-order chi connectivity index (χ1) is 8.56. The second-order valence-corrected chi connectivity index (χ2v) is 5.38. The third kappa shape index (κ3) is 3.24. The summed E-state index contributed by atoms with van der Waals surface area (Å²) in [5, 5.41) is 3.42. The fourth-order valence-electron chi connectivity index (χ4n) is 1.67. The van der Waals surface area contributed by atoms with Crippen LogP contribution in [0.25, 0.3) is 0 Å². The van der Waals surface area contributed by atoms with Gasteiger partial charge in [0.2, 0.25) is 0 Å². The molecule has 0 aliphatic heterocycles. The van der Waals surface area contributed by atoms with Crippen molar-refractivity contribution < 1.29 is 4.39 Å². The Morgan fingerprint density at radius 3 is 2.67 bits per heavy atom. The van der Waals surface area contributed by atoms with Gasteiger partial charge in [0.05, 0.1) is 5.02 Å². The van der Waals surface area contributed by atoms with Crippen LogP contribution in [0.2, 0.25) is 5.02 Å². The van der Waals surface area contributed by atoms with Gasteiger partial charge in [0.1, 0.15) is 5.82 Å². The first-order valence-corrected chi connectivity index (χ1v) is 6.67. The molecule has 2 rings (SSSR count). The number of hydrogen-bond acceptors (Lipinski definition) is 1. The van der Waals surface area contributed by atoms with E-state index in [-0.39, 0.29) is 10.8 Å². The molecule has 0 spiro atoms. The van der Waals surface area contributed by atoms with Crippen molar-refractivity contribution in [3.8, 4) is 0 Å². The summed E-state index contributed by atoms with van der Waals surface area (Å²) in [5.74, 6) is -0.386. The molecule has 0 unspecified atom stereocenters. The van der Waals surface area contributed by atoms with Crippen molar-refractivity contribution in [1.29, 1.82) is 0 Å². The summed E-state index contributed by atoms with van der Waals surface area (Å²) in [6.07, 6.45) is 0. The Hall–Kier alpha value is -1.06. The highest BCUT2D eigenvalue weighted by atomic mass is 79.9. The molecule has 0 amide bonds. The smallest absolute Gasteiger partial charge is 0.142 e. The monoisotopic (exact) mass is 327 g/mol. The Balaban J connectivity index is 2.09. The van der Waals surface area contributed by atoms with E-state index in [9.17, 15) is 4.39 Å². The summed E-state index contributed by atoms with van der Waals surface area (Å²) in [6.45, 7) is 2.59. The second-order valence-electron chi connectivity index (χ2n) is 4.06. The summed E-state index contributed by atoms with van der Waals surface area (Å²) in [6, 6.07) is 10.8. The van der Waals surface area contributed by atoms with E-state index >= 15 is 0 Å². The fraction of sp³-hybridized carbons (Fsp3) is 0.143. The highest BCUT2D eigenvalue weighted by Gasteiger charge is 2.02. The van der Waals surface area contributed by atoms with Gasteiger partial charge in [-0.25, -0.2) is 4.39 Å². The molecule has 0 radical (unpaired) electrons. The molecule has 0 aromatic heterocycles. The molecule has 0 bridgehead atoms. The Morgan fingerprint density at radius 1 is 1.22 bits per heavy atom. The van der Waals surface area contributed by atoms with Crippen LogP contribution in [0.15, 0.2) is 40.9 Å². The zero-order valence-electron chi connectivity index (χ0n) is 9.81. The van der Waals surface area contributed by atoms with Crippen LogP contribution in [0.1, 0.15) is 11.1 Å². The van der Waals surface area contributed by atoms with Gasteiger partial charge in [0.15, 0.2) is 0 Å². The second kappa shape index (κ2) is 5.72. The molecule has 94 valence electrons. The first-order valence-electron chi connectivity index (χ1n) is 5.50. The maximum atomic E-state index is 13.3. The van der Waals surface area contributed by atoms with Crippen LogP contribution in [0.4, 0.5) is 10.1 Å². The lowest BCUT2D eigenvalue weighted by Gasteiger charge is -2.10. The number of rotatable bonds is 3. The molecule has 0 heterocycles. The summed E-state index contributed by atoms with van der Waals surface area (Å²) in [7, 11) is 0. The third-order valence-corrected chi connectivity index (χ3v) is 3.46. The first kappa shape index (κ1) is 13.4. The molecule has 0 fully saturated rings. The summed E-state index contributed by atoms with van der Waals surface area (Å²) < 4.78 is 14.3. The maximum absolute atomic E-state index is 13.3. The molecule has 4 heteroatoms. The minimum Gasteiger partial charge on any atom is -0.381 e. The molecule has 1 N–H and O–H groups in total. The Labute approximate surface area is 119 Å². The van der Waals surface area contributed by atoms with E-state index in [2.05, 4.69) is 21.2 Å². The highest BCUT2D eigenvalue weighted by molar-refractivity contribution is 9.10. The molecule has 1 nitrogen and oxygen atoms in total. The quantitative estimate of drug-likeness (QED) is 0.820. The predicted molar refractivity (Wildman–Crippen MR) is 77.6 cm³/mol. The van der Waals surface area contributed by atoms with E-state index in [1.54, 1.807) is 6.07 Å². The largest absolute Gasteiger partial charge is 0.381 e. The minimum atomic E-state index is -0.386. The molecule has 0 atom stereocenters. The number of hydrogen-bond donors (Lipinski definition) is 1. The van der Waals surface area contributed by atoms with Gasteiger partial charge in [0, 0.05) is 16.7 Å². The van der Waals surface area contributed by atoms with Crippen molar-refractivity contribution in [2.24, 2.45) is 0 Å². The lowest BCUT2D eigenvalue weighted by Crippen LogP contribution is -2.01. The average molecular weight is 329 g/mol. The standard InChI is InChI=1S/C14H12BrClFN/c1-9-6-11(15)3-5-14(9)18-8-10-2-4-12(16)13(17)7-10/h2-7,18H,8H2,1H3. The van der Waals surface area contributed by atoms with Crippen molar-refractivity contribution in [3.63, 3.8) is 0 Å². The Kier molecular flexibility index (Phi) is 4.25. The SMILES string of the molecule is Cc1cc(Br)ccc1NCc1ccc(Cl)c(F)c1. The molecular weight excluding hydrogens is 317 g/mol. The van der Waals surface area contributed by atoms with Crippen LogP contribution >= 0.6 is 27.5 Å². The van der Waals surface area contributed by atoms with Crippen molar-refractivity contribution in [2.75, 3.05) is 5.32 Å². The fourth-order valence-corrected chi connectivity index (χ4v) is 2.27. The van der Waals surface area contributed by atoms with E-state index in [4.69, 9.17) is 11.6 Å². The maximum Gasteiger partial charge on any atom is 0.142 e. The summed E-state index contributed by atoms with van der Waals surface area (Å²) in [4.78, 5) is 0. The molecule has 2 aromatic rings. The molecule has 0 saturated heterocycles. The topological polar surface area (TPSA) is 12.0 Å². The van der Waals surface area contributed by atoms with Crippen LogP contribution in [-0.4, -0.2) is 0 Å². The molecular formula is C14H12BrClFN. The van der Waals surface area contributed by atoms with Crippen molar-refractivity contribution in [1.82, 2.24) is 0 Å². The summed E-state index contributed by atoms with van der Waals surface area (Å²) >= 11 is 9.06. The van der Waals surface area contributed by atoms with Gasteiger partial charge >= 0.3 is 0 Å². The van der Waals surface area contributed by atoms with Gasteiger partial charge in [-0.2, -0.15) is 0 Å². The van der Waals surface area contributed by atoms with Crippen LogP contribution in [-0.2, 0) is 6.54 Å². The number of halogens is 3. The number of anilines is 1. The third-order valence-electron chi connectivity index (χ3n) is 2.66. The summed E-state index contributed by atoms with van der Waals surface area (Å²) in [5.41, 5.74) is 3.03. The van der Waals surface area contributed by atoms with Gasteiger partial charge in [-0.3, -0.25) is 0 Å². The number of benzene rings is 2. The highest BCUT2D eigenvalue weighted by Crippen LogP contribution is 2.21. The van der Waals surface area contributed by atoms with Crippen LogP contribution < -0.4 is 5.32 Å². The van der Waals surface area contributed by atoms with Crippen molar-refractivity contribution in [3.05, 3.63) is 62.8 Å².